The molecule has 2 aliphatic heterocycles. The van der Waals surface area contributed by atoms with E-state index in [0.717, 1.165) is 44.0 Å². The third kappa shape index (κ3) is 4.08. The molecular formula is C24H26N6O. The first-order valence-electron chi connectivity index (χ1n) is 10.8. The number of benzene rings is 1. The highest BCUT2D eigenvalue weighted by Crippen LogP contribution is 2.27. The van der Waals surface area contributed by atoms with Crippen LogP contribution in [0.3, 0.4) is 0 Å². The molecule has 1 aromatic carbocycles. The Kier molecular flexibility index (Phi) is 5.24. The quantitative estimate of drug-likeness (QED) is 0.712. The van der Waals surface area contributed by atoms with Gasteiger partial charge in [-0.3, -0.25) is 15.1 Å². The van der Waals surface area contributed by atoms with Crippen molar-refractivity contribution in [3.05, 3.63) is 88.1 Å². The van der Waals surface area contributed by atoms with Crippen LogP contribution in [0.25, 0.3) is 0 Å². The number of nitrogens with one attached hydrogen (secondary N) is 1. The summed E-state index contributed by atoms with van der Waals surface area (Å²) in [5.74, 6) is 1.97. The number of nitrogens with zero attached hydrogens (tertiary/aromatic N) is 5. The van der Waals surface area contributed by atoms with Gasteiger partial charge < -0.3 is 4.90 Å². The maximum Gasteiger partial charge on any atom is 0.257 e. The summed E-state index contributed by atoms with van der Waals surface area (Å²) in [7, 11) is 0. The van der Waals surface area contributed by atoms with Gasteiger partial charge in [0.05, 0.1) is 5.69 Å². The summed E-state index contributed by atoms with van der Waals surface area (Å²) in [6.07, 6.45) is 4.54. The Morgan fingerprint density at radius 2 is 1.84 bits per heavy atom. The van der Waals surface area contributed by atoms with E-state index in [9.17, 15) is 4.79 Å². The van der Waals surface area contributed by atoms with Crippen LogP contribution in [0, 0.1) is 12.8 Å². The minimum atomic E-state index is -0.518. The van der Waals surface area contributed by atoms with E-state index >= 15 is 0 Å². The van der Waals surface area contributed by atoms with Gasteiger partial charge >= 0.3 is 0 Å². The molecule has 0 saturated carbocycles. The Hall–Kier alpha value is -3.48. The number of guanidine groups is 1. The minimum Gasteiger partial charge on any atom is -0.343 e. The van der Waals surface area contributed by atoms with Gasteiger partial charge in [-0.05, 0) is 49.8 Å². The number of pyridine rings is 1. The molecule has 1 saturated heterocycles. The number of hydrogen-bond acceptors (Lipinski definition) is 6. The average molecular weight is 415 g/mol. The highest BCUT2D eigenvalue weighted by Gasteiger charge is 2.30. The monoisotopic (exact) mass is 414 g/mol. The number of hydrogen-bond donors (Lipinski definition) is 1. The Balaban J connectivity index is 1.38. The molecule has 0 unspecified atom stereocenters. The highest BCUT2D eigenvalue weighted by atomic mass is 16.1. The summed E-state index contributed by atoms with van der Waals surface area (Å²) in [4.78, 5) is 29.0. The predicted molar refractivity (Wildman–Crippen MR) is 121 cm³/mol. The van der Waals surface area contributed by atoms with Gasteiger partial charge in [0, 0.05) is 31.0 Å². The maximum atomic E-state index is 12.7. The number of aromatic nitrogens is 3. The lowest BCUT2D eigenvalue weighted by molar-refractivity contribution is 0.262. The number of piperidine rings is 1. The van der Waals surface area contributed by atoms with Gasteiger partial charge in [-0.1, -0.05) is 36.4 Å². The zero-order valence-corrected chi connectivity index (χ0v) is 17.6. The fraction of sp³-hybridized carbons (Fsp3) is 0.333. The van der Waals surface area contributed by atoms with Crippen LogP contribution in [0.2, 0.25) is 0 Å². The molecule has 7 nitrogen and oxygen atoms in total. The van der Waals surface area contributed by atoms with Crippen LogP contribution >= 0.6 is 0 Å². The molecule has 158 valence electrons. The number of fused-ring (bicyclic) bond motifs is 1. The minimum absolute atomic E-state index is 0.130. The van der Waals surface area contributed by atoms with E-state index in [1.807, 2.05) is 25.1 Å². The smallest absolute Gasteiger partial charge is 0.257 e. The zero-order chi connectivity index (χ0) is 21.2. The molecular weight excluding hydrogens is 388 g/mol. The summed E-state index contributed by atoms with van der Waals surface area (Å²) in [6.45, 7) is 3.68. The number of anilines is 1. The summed E-state index contributed by atoms with van der Waals surface area (Å²) in [5.41, 5.74) is 2.69. The summed E-state index contributed by atoms with van der Waals surface area (Å²) in [6, 6.07) is 17.9. The van der Waals surface area contributed by atoms with E-state index in [-0.39, 0.29) is 5.56 Å². The maximum absolute atomic E-state index is 12.7. The van der Waals surface area contributed by atoms with E-state index < -0.39 is 6.17 Å². The van der Waals surface area contributed by atoms with Gasteiger partial charge in [0.25, 0.3) is 5.56 Å². The highest BCUT2D eigenvalue weighted by molar-refractivity contribution is 5.93. The van der Waals surface area contributed by atoms with Crippen LogP contribution in [0.5, 0.6) is 0 Å². The van der Waals surface area contributed by atoms with Crippen LogP contribution in [0.4, 0.5) is 5.95 Å². The van der Waals surface area contributed by atoms with Crippen LogP contribution in [-0.2, 0) is 6.42 Å². The topological polar surface area (TPSA) is 75.4 Å². The number of aryl methyl sites for hydroxylation is 1. The van der Waals surface area contributed by atoms with E-state index in [1.54, 1.807) is 10.8 Å². The van der Waals surface area contributed by atoms with Gasteiger partial charge in [0.2, 0.25) is 11.9 Å². The second-order valence-electron chi connectivity index (χ2n) is 8.26. The zero-order valence-electron chi connectivity index (χ0n) is 17.6. The number of likely N-dealkylation sites (tertiary alicyclic amines) is 1. The Morgan fingerprint density at radius 3 is 2.58 bits per heavy atom. The van der Waals surface area contributed by atoms with E-state index in [2.05, 4.69) is 50.5 Å². The van der Waals surface area contributed by atoms with E-state index in [1.165, 1.54) is 11.6 Å². The fourth-order valence-corrected chi connectivity index (χ4v) is 4.42. The molecule has 0 aliphatic carbocycles. The molecule has 1 N–H and O–H groups in total. The molecule has 0 radical (unpaired) electrons. The molecule has 0 amide bonds. The average Bonchev–Trinajstić information content (AvgIpc) is 2.80. The predicted octanol–water partition coefficient (Wildman–Crippen LogP) is 3.23. The van der Waals surface area contributed by atoms with Crippen molar-refractivity contribution in [2.45, 2.75) is 32.4 Å². The lowest BCUT2D eigenvalue weighted by Crippen LogP contribution is -2.46. The van der Waals surface area contributed by atoms with Crippen LogP contribution in [0.15, 0.2) is 70.6 Å². The van der Waals surface area contributed by atoms with Crippen LogP contribution < -0.4 is 10.9 Å². The van der Waals surface area contributed by atoms with Crippen molar-refractivity contribution in [3.8, 4) is 0 Å². The first kappa shape index (κ1) is 19.5. The SMILES string of the molecule is Cc1cc(=O)n2c(n1)NC(N1CCC(Cc3ccccc3)CC1)=N[C@H]2c1ccccn1. The van der Waals surface area contributed by atoms with Crippen molar-refractivity contribution >= 4 is 11.9 Å². The number of rotatable bonds is 3. The molecule has 5 rings (SSSR count). The van der Waals surface area contributed by atoms with Gasteiger partial charge in [0.1, 0.15) is 0 Å². The van der Waals surface area contributed by atoms with Crippen molar-refractivity contribution in [1.82, 2.24) is 19.4 Å². The van der Waals surface area contributed by atoms with Crippen molar-refractivity contribution in [2.75, 3.05) is 18.4 Å². The van der Waals surface area contributed by atoms with Crippen molar-refractivity contribution < 1.29 is 0 Å². The molecule has 2 aliphatic rings. The van der Waals surface area contributed by atoms with Crippen molar-refractivity contribution in [1.29, 1.82) is 0 Å². The largest absolute Gasteiger partial charge is 0.343 e. The fourth-order valence-electron chi connectivity index (χ4n) is 4.42. The van der Waals surface area contributed by atoms with E-state index in [4.69, 9.17) is 4.99 Å². The molecule has 1 fully saturated rings. The molecule has 31 heavy (non-hydrogen) atoms. The van der Waals surface area contributed by atoms with Crippen LogP contribution in [-0.4, -0.2) is 38.5 Å². The lowest BCUT2D eigenvalue weighted by atomic mass is 9.90. The Morgan fingerprint density at radius 1 is 1.06 bits per heavy atom. The van der Waals surface area contributed by atoms with E-state index in [0.29, 0.717) is 17.6 Å². The summed E-state index contributed by atoms with van der Waals surface area (Å²) in [5, 5.41) is 3.31. The molecule has 3 aromatic rings. The van der Waals surface area contributed by atoms with Gasteiger partial charge in [-0.15, -0.1) is 0 Å². The first-order valence-corrected chi connectivity index (χ1v) is 10.8. The molecule has 1 atom stereocenters. The second kappa shape index (κ2) is 8.34. The third-order valence-corrected chi connectivity index (χ3v) is 6.03. The van der Waals surface area contributed by atoms with Gasteiger partial charge in [0.15, 0.2) is 6.17 Å². The Bertz CT molecular complexity index is 1130. The first-order chi connectivity index (χ1) is 15.2. The normalized spacial score (nSPS) is 18.8. The molecule has 4 heterocycles. The van der Waals surface area contributed by atoms with Crippen LogP contribution in [0.1, 0.15) is 36.0 Å². The van der Waals surface area contributed by atoms with Gasteiger partial charge in [-0.2, -0.15) is 0 Å². The summed E-state index contributed by atoms with van der Waals surface area (Å²) >= 11 is 0. The third-order valence-electron chi connectivity index (χ3n) is 6.03. The standard InChI is InChI=1S/C24H26N6O/c1-17-15-21(31)30-22(20-9-5-6-12-25-20)27-23(28-24(30)26-17)29-13-10-19(11-14-29)16-18-7-3-2-4-8-18/h2-9,12,15,19,22H,10-11,13-14,16H2,1H3,(H,26,27,28)/t22-/m1/s1. The Labute approximate surface area is 181 Å². The molecule has 0 spiro atoms. The lowest BCUT2D eigenvalue weighted by Gasteiger charge is -2.37. The number of aliphatic imine (C=N–C) groups is 1. The molecule has 0 bridgehead atoms. The second-order valence-corrected chi connectivity index (χ2v) is 8.26. The van der Waals surface area contributed by atoms with Crippen molar-refractivity contribution in [3.63, 3.8) is 0 Å². The van der Waals surface area contributed by atoms with Gasteiger partial charge in [-0.25, -0.2) is 14.5 Å². The van der Waals surface area contributed by atoms with Crippen molar-refractivity contribution in [2.24, 2.45) is 10.9 Å². The molecule has 7 heteroatoms. The summed E-state index contributed by atoms with van der Waals surface area (Å²) < 4.78 is 1.58. The molecule has 2 aromatic heterocycles.